The number of carbonyl (C=O) groups is 1. The molecule has 1 heterocycles. The average Bonchev–Trinajstić information content (AvgIpc) is 2.56. The second kappa shape index (κ2) is 3.87. The standard InChI is InChI=1S/C14H10N2O/c17-9-10-5-6-13-14(7-10)16-12-4-2-1-3-11(12)8-15-13/h1-9,16H. The Morgan fingerprint density at radius 1 is 1.06 bits per heavy atom. The molecular weight excluding hydrogens is 212 g/mol. The smallest absolute Gasteiger partial charge is 0.150 e. The average molecular weight is 222 g/mol. The number of aldehydes is 1. The third-order valence-electron chi connectivity index (χ3n) is 2.73. The molecule has 0 fully saturated rings. The van der Waals surface area contributed by atoms with E-state index in [2.05, 4.69) is 10.3 Å². The summed E-state index contributed by atoms with van der Waals surface area (Å²) in [4.78, 5) is 15.2. The molecule has 2 aromatic rings. The van der Waals surface area contributed by atoms with Crippen LogP contribution in [0, 0.1) is 0 Å². The first-order valence-corrected chi connectivity index (χ1v) is 5.36. The summed E-state index contributed by atoms with van der Waals surface area (Å²) in [6, 6.07) is 13.3. The number of aliphatic imine (C=N–C) groups is 1. The van der Waals surface area contributed by atoms with Gasteiger partial charge >= 0.3 is 0 Å². The van der Waals surface area contributed by atoms with Crippen molar-refractivity contribution in [3.63, 3.8) is 0 Å². The Morgan fingerprint density at radius 3 is 2.82 bits per heavy atom. The molecular formula is C14H10N2O. The van der Waals surface area contributed by atoms with Crippen LogP contribution in [0.25, 0.3) is 0 Å². The van der Waals surface area contributed by atoms with Gasteiger partial charge in [-0.15, -0.1) is 0 Å². The highest BCUT2D eigenvalue weighted by atomic mass is 16.1. The van der Waals surface area contributed by atoms with E-state index >= 15 is 0 Å². The summed E-state index contributed by atoms with van der Waals surface area (Å²) in [6.07, 6.45) is 2.66. The molecule has 82 valence electrons. The van der Waals surface area contributed by atoms with E-state index in [1.54, 1.807) is 6.07 Å². The van der Waals surface area contributed by atoms with Crippen molar-refractivity contribution >= 4 is 29.6 Å². The molecule has 1 N–H and O–H groups in total. The molecule has 3 rings (SSSR count). The first-order chi connectivity index (χ1) is 8.36. The number of hydrogen-bond acceptors (Lipinski definition) is 3. The van der Waals surface area contributed by atoms with Crippen LogP contribution in [-0.4, -0.2) is 12.5 Å². The summed E-state index contributed by atoms with van der Waals surface area (Å²) >= 11 is 0. The number of para-hydroxylation sites is 1. The lowest BCUT2D eigenvalue weighted by Crippen LogP contribution is -1.93. The lowest BCUT2D eigenvalue weighted by Gasteiger charge is -2.08. The van der Waals surface area contributed by atoms with Crippen molar-refractivity contribution in [1.29, 1.82) is 0 Å². The monoisotopic (exact) mass is 222 g/mol. The van der Waals surface area contributed by atoms with Gasteiger partial charge < -0.3 is 5.32 Å². The van der Waals surface area contributed by atoms with Gasteiger partial charge in [0.15, 0.2) is 0 Å². The van der Waals surface area contributed by atoms with Crippen LogP contribution in [-0.2, 0) is 0 Å². The molecule has 1 aliphatic rings. The summed E-state index contributed by atoms with van der Waals surface area (Å²) in [5.41, 5.74) is 4.38. The maximum absolute atomic E-state index is 10.8. The second-order valence-corrected chi connectivity index (χ2v) is 3.86. The molecule has 3 heteroatoms. The summed E-state index contributed by atoms with van der Waals surface area (Å²) in [6.45, 7) is 0. The van der Waals surface area contributed by atoms with Crippen molar-refractivity contribution in [2.75, 3.05) is 5.32 Å². The van der Waals surface area contributed by atoms with Crippen LogP contribution >= 0.6 is 0 Å². The fraction of sp³-hybridized carbons (Fsp3) is 0. The van der Waals surface area contributed by atoms with Crippen LogP contribution in [0.1, 0.15) is 15.9 Å². The minimum Gasteiger partial charge on any atom is -0.353 e. The number of benzene rings is 2. The number of anilines is 2. The molecule has 3 nitrogen and oxygen atoms in total. The Morgan fingerprint density at radius 2 is 1.94 bits per heavy atom. The molecule has 0 atom stereocenters. The third-order valence-corrected chi connectivity index (χ3v) is 2.73. The van der Waals surface area contributed by atoms with Crippen molar-refractivity contribution in [2.24, 2.45) is 4.99 Å². The number of nitrogens with zero attached hydrogens (tertiary/aromatic N) is 1. The minimum atomic E-state index is 0.644. The Labute approximate surface area is 98.8 Å². The fourth-order valence-corrected chi connectivity index (χ4v) is 1.85. The van der Waals surface area contributed by atoms with Crippen molar-refractivity contribution in [3.8, 4) is 0 Å². The summed E-state index contributed by atoms with van der Waals surface area (Å²) in [7, 11) is 0. The predicted octanol–water partition coefficient (Wildman–Crippen LogP) is 3.31. The van der Waals surface area contributed by atoms with Gasteiger partial charge in [0.25, 0.3) is 0 Å². The molecule has 1 aliphatic heterocycles. The van der Waals surface area contributed by atoms with Crippen LogP contribution in [0.4, 0.5) is 17.1 Å². The van der Waals surface area contributed by atoms with Crippen molar-refractivity contribution in [1.82, 2.24) is 0 Å². The van der Waals surface area contributed by atoms with Crippen molar-refractivity contribution in [2.45, 2.75) is 0 Å². The SMILES string of the molecule is O=Cc1ccc2c(c1)Nc1ccccc1C=N2. The minimum absolute atomic E-state index is 0.644. The van der Waals surface area contributed by atoms with E-state index in [-0.39, 0.29) is 0 Å². The Bertz CT molecular complexity index is 617. The topological polar surface area (TPSA) is 41.5 Å². The highest BCUT2D eigenvalue weighted by Crippen LogP contribution is 2.32. The zero-order valence-electron chi connectivity index (χ0n) is 9.05. The van der Waals surface area contributed by atoms with Gasteiger partial charge in [-0.25, -0.2) is 0 Å². The third kappa shape index (κ3) is 1.72. The Balaban J connectivity index is 2.15. The maximum atomic E-state index is 10.8. The van der Waals surface area contributed by atoms with Crippen LogP contribution < -0.4 is 5.32 Å². The number of fused-ring (bicyclic) bond motifs is 2. The fourth-order valence-electron chi connectivity index (χ4n) is 1.85. The van der Waals surface area contributed by atoms with Crippen molar-refractivity contribution in [3.05, 3.63) is 53.6 Å². The molecule has 0 amide bonds. The van der Waals surface area contributed by atoms with Gasteiger partial charge in [0.1, 0.15) is 6.29 Å². The van der Waals surface area contributed by atoms with Crippen molar-refractivity contribution < 1.29 is 4.79 Å². The van der Waals surface area contributed by atoms with E-state index in [1.165, 1.54) is 0 Å². The Hall–Kier alpha value is -2.42. The molecule has 0 radical (unpaired) electrons. The molecule has 0 bridgehead atoms. The zero-order chi connectivity index (χ0) is 11.7. The van der Waals surface area contributed by atoms with Crippen LogP contribution in [0.2, 0.25) is 0 Å². The first kappa shape index (κ1) is 9.78. The second-order valence-electron chi connectivity index (χ2n) is 3.86. The summed E-state index contributed by atoms with van der Waals surface area (Å²) in [5.74, 6) is 0. The van der Waals surface area contributed by atoms with Gasteiger partial charge in [0.05, 0.1) is 11.4 Å². The molecule has 2 aromatic carbocycles. The van der Waals surface area contributed by atoms with Gasteiger partial charge in [0, 0.05) is 23.0 Å². The molecule has 0 spiro atoms. The van der Waals surface area contributed by atoms with Crippen LogP contribution in [0.15, 0.2) is 47.5 Å². The van der Waals surface area contributed by atoms with E-state index in [1.807, 2.05) is 42.6 Å². The highest BCUT2D eigenvalue weighted by Gasteiger charge is 2.09. The van der Waals surface area contributed by atoms with E-state index in [9.17, 15) is 4.79 Å². The molecule has 0 saturated heterocycles. The number of hydrogen-bond donors (Lipinski definition) is 1. The normalized spacial score (nSPS) is 12.0. The Kier molecular flexibility index (Phi) is 2.22. The molecule has 0 unspecified atom stereocenters. The lowest BCUT2D eigenvalue weighted by molar-refractivity contribution is 0.112. The number of nitrogens with one attached hydrogen (secondary N) is 1. The van der Waals surface area contributed by atoms with E-state index in [0.29, 0.717) is 5.56 Å². The first-order valence-electron chi connectivity index (χ1n) is 5.36. The highest BCUT2D eigenvalue weighted by molar-refractivity contribution is 5.96. The van der Waals surface area contributed by atoms with E-state index in [0.717, 1.165) is 28.9 Å². The molecule has 0 aromatic heterocycles. The largest absolute Gasteiger partial charge is 0.353 e. The summed E-state index contributed by atoms with van der Waals surface area (Å²) in [5, 5.41) is 3.29. The lowest BCUT2D eigenvalue weighted by atomic mass is 10.1. The van der Waals surface area contributed by atoms with Gasteiger partial charge in [-0.3, -0.25) is 9.79 Å². The number of rotatable bonds is 1. The van der Waals surface area contributed by atoms with E-state index in [4.69, 9.17) is 0 Å². The maximum Gasteiger partial charge on any atom is 0.150 e. The molecule has 0 saturated carbocycles. The van der Waals surface area contributed by atoms with Gasteiger partial charge in [-0.05, 0) is 24.3 Å². The predicted molar refractivity (Wildman–Crippen MR) is 68.8 cm³/mol. The quantitative estimate of drug-likeness (QED) is 0.642. The van der Waals surface area contributed by atoms with Gasteiger partial charge in [0.2, 0.25) is 0 Å². The van der Waals surface area contributed by atoms with Gasteiger partial charge in [-0.2, -0.15) is 0 Å². The van der Waals surface area contributed by atoms with E-state index < -0.39 is 0 Å². The molecule has 17 heavy (non-hydrogen) atoms. The summed E-state index contributed by atoms with van der Waals surface area (Å²) < 4.78 is 0. The van der Waals surface area contributed by atoms with Crippen LogP contribution in [0.3, 0.4) is 0 Å². The number of carbonyl (C=O) groups excluding carboxylic acids is 1. The molecule has 0 aliphatic carbocycles. The van der Waals surface area contributed by atoms with Crippen LogP contribution in [0.5, 0.6) is 0 Å². The van der Waals surface area contributed by atoms with Gasteiger partial charge in [-0.1, -0.05) is 18.2 Å². The zero-order valence-corrected chi connectivity index (χ0v) is 9.05.